The number of carbonyl (C=O) groups is 2. The summed E-state index contributed by atoms with van der Waals surface area (Å²) in [5.41, 5.74) is 6.52. The minimum atomic E-state index is -0.449. The number of benzene rings is 2. The van der Waals surface area contributed by atoms with Crippen LogP contribution in [0, 0.1) is 6.92 Å². The van der Waals surface area contributed by atoms with E-state index in [2.05, 4.69) is 16.2 Å². The van der Waals surface area contributed by atoms with Crippen molar-refractivity contribution in [3.05, 3.63) is 57.9 Å². The third-order valence-corrected chi connectivity index (χ3v) is 5.55. The summed E-state index contributed by atoms with van der Waals surface area (Å²) in [6.45, 7) is 1.93. The third kappa shape index (κ3) is 4.32. The van der Waals surface area contributed by atoms with Crippen molar-refractivity contribution < 1.29 is 14.3 Å². The molecule has 0 aliphatic rings. The third-order valence-electron chi connectivity index (χ3n) is 3.91. The van der Waals surface area contributed by atoms with E-state index >= 15 is 0 Å². The van der Waals surface area contributed by atoms with E-state index in [9.17, 15) is 9.59 Å². The van der Waals surface area contributed by atoms with Crippen LogP contribution >= 0.6 is 22.9 Å². The maximum absolute atomic E-state index is 12.4. The monoisotopic (exact) mass is 403 g/mol. The van der Waals surface area contributed by atoms with E-state index < -0.39 is 5.91 Å². The van der Waals surface area contributed by atoms with Gasteiger partial charge in [-0.1, -0.05) is 29.8 Å². The van der Waals surface area contributed by atoms with E-state index in [1.54, 1.807) is 13.2 Å². The Morgan fingerprint density at radius 2 is 1.93 bits per heavy atom. The fourth-order valence-electron chi connectivity index (χ4n) is 2.56. The number of methoxy groups -OCH3 is 1. The molecule has 0 spiro atoms. The lowest BCUT2D eigenvalue weighted by Crippen LogP contribution is -2.44. The highest BCUT2D eigenvalue weighted by molar-refractivity contribution is 7.21. The van der Waals surface area contributed by atoms with Crippen LogP contribution in [0.2, 0.25) is 5.02 Å². The molecule has 0 bridgehead atoms. The van der Waals surface area contributed by atoms with Gasteiger partial charge in [0, 0.05) is 21.8 Å². The van der Waals surface area contributed by atoms with Crippen LogP contribution in [-0.4, -0.2) is 25.5 Å². The maximum atomic E-state index is 12.4. The number of halogens is 1. The zero-order chi connectivity index (χ0) is 19.4. The van der Waals surface area contributed by atoms with Gasteiger partial charge in [-0.2, -0.15) is 0 Å². The fourth-order valence-corrected chi connectivity index (χ4v) is 4.14. The van der Waals surface area contributed by atoms with Gasteiger partial charge < -0.3 is 10.1 Å². The Hall–Kier alpha value is -2.77. The molecule has 27 heavy (non-hydrogen) atoms. The number of rotatable bonds is 5. The summed E-state index contributed by atoms with van der Waals surface area (Å²) in [4.78, 5) is 24.7. The van der Waals surface area contributed by atoms with Gasteiger partial charge in [0.1, 0.15) is 10.6 Å². The number of hydrogen-bond donors (Lipinski definition) is 3. The highest BCUT2D eigenvalue weighted by Crippen LogP contribution is 2.37. The SMILES string of the molecule is COc1cccc(NCC(=O)NNC(=O)c2sc3cccc(C)c3c2Cl)c1. The van der Waals surface area contributed by atoms with Gasteiger partial charge in [0.2, 0.25) is 0 Å². The van der Waals surface area contributed by atoms with Crippen LogP contribution in [0.3, 0.4) is 0 Å². The normalized spacial score (nSPS) is 10.5. The van der Waals surface area contributed by atoms with E-state index in [1.165, 1.54) is 11.3 Å². The van der Waals surface area contributed by atoms with E-state index in [-0.39, 0.29) is 12.5 Å². The van der Waals surface area contributed by atoms with Gasteiger partial charge in [0.05, 0.1) is 18.7 Å². The van der Waals surface area contributed by atoms with Crippen LogP contribution in [0.15, 0.2) is 42.5 Å². The van der Waals surface area contributed by atoms with Crippen molar-refractivity contribution in [2.24, 2.45) is 0 Å². The second-order valence-corrected chi connectivity index (χ2v) is 7.21. The molecule has 140 valence electrons. The van der Waals surface area contributed by atoms with Crippen LogP contribution in [0.5, 0.6) is 5.75 Å². The summed E-state index contributed by atoms with van der Waals surface area (Å²) in [6.07, 6.45) is 0. The minimum Gasteiger partial charge on any atom is -0.497 e. The van der Waals surface area contributed by atoms with Crippen molar-refractivity contribution in [1.29, 1.82) is 0 Å². The number of amides is 2. The number of thiophene rings is 1. The minimum absolute atomic E-state index is 0.00724. The van der Waals surface area contributed by atoms with E-state index in [0.717, 1.165) is 21.3 Å². The standard InChI is InChI=1S/C19H18ClN3O3S/c1-11-5-3-8-14-16(11)17(20)18(27-14)19(25)23-22-15(24)10-21-12-6-4-7-13(9-12)26-2/h3-9,21H,10H2,1-2H3,(H,22,24)(H,23,25). The molecule has 1 heterocycles. The smallest absolute Gasteiger partial charge is 0.281 e. The molecule has 0 saturated carbocycles. The Morgan fingerprint density at radius 1 is 1.15 bits per heavy atom. The number of aryl methyl sites for hydroxylation is 1. The molecule has 0 unspecified atom stereocenters. The largest absolute Gasteiger partial charge is 0.497 e. The molecule has 0 fully saturated rings. The first kappa shape index (κ1) is 19.0. The molecule has 3 N–H and O–H groups in total. The van der Waals surface area contributed by atoms with Gasteiger partial charge in [-0.3, -0.25) is 20.4 Å². The van der Waals surface area contributed by atoms with Gasteiger partial charge in [-0.05, 0) is 30.7 Å². The summed E-state index contributed by atoms with van der Waals surface area (Å²) in [7, 11) is 1.57. The first-order valence-corrected chi connectivity index (χ1v) is 9.33. The quantitative estimate of drug-likeness (QED) is 0.567. The molecule has 2 aromatic carbocycles. The molecule has 0 aliphatic carbocycles. The molecule has 8 heteroatoms. The predicted molar refractivity (Wildman–Crippen MR) is 109 cm³/mol. The number of fused-ring (bicyclic) bond motifs is 1. The highest BCUT2D eigenvalue weighted by atomic mass is 35.5. The van der Waals surface area contributed by atoms with Crippen LogP contribution < -0.4 is 20.9 Å². The number of carbonyl (C=O) groups excluding carboxylic acids is 2. The molecule has 0 atom stereocenters. The lowest BCUT2D eigenvalue weighted by atomic mass is 10.1. The zero-order valence-electron chi connectivity index (χ0n) is 14.8. The Kier molecular flexibility index (Phi) is 5.83. The number of anilines is 1. The lowest BCUT2D eigenvalue weighted by molar-refractivity contribution is -0.120. The number of hydrazine groups is 1. The van der Waals surface area contributed by atoms with Crippen LogP contribution in [0.25, 0.3) is 10.1 Å². The van der Waals surface area contributed by atoms with Crippen LogP contribution in [0.1, 0.15) is 15.2 Å². The molecule has 0 saturated heterocycles. The zero-order valence-corrected chi connectivity index (χ0v) is 16.3. The first-order chi connectivity index (χ1) is 13.0. The topological polar surface area (TPSA) is 79.5 Å². The van der Waals surface area contributed by atoms with Crippen molar-refractivity contribution in [3.8, 4) is 5.75 Å². The van der Waals surface area contributed by atoms with Crippen molar-refractivity contribution in [1.82, 2.24) is 10.9 Å². The molecule has 3 rings (SSSR count). The highest BCUT2D eigenvalue weighted by Gasteiger charge is 2.18. The van der Waals surface area contributed by atoms with Crippen molar-refractivity contribution in [3.63, 3.8) is 0 Å². The molecular formula is C19H18ClN3O3S. The van der Waals surface area contributed by atoms with E-state index in [1.807, 2.05) is 43.3 Å². The van der Waals surface area contributed by atoms with Crippen molar-refractivity contribution in [2.75, 3.05) is 19.0 Å². The molecule has 6 nitrogen and oxygen atoms in total. The summed E-state index contributed by atoms with van der Waals surface area (Å²) in [5, 5.41) is 4.22. The fraction of sp³-hybridized carbons (Fsp3) is 0.158. The lowest BCUT2D eigenvalue weighted by Gasteiger charge is -2.09. The maximum Gasteiger partial charge on any atom is 0.281 e. The molecule has 0 aliphatic heterocycles. The molecule has 2 amide bonds. The Morgan fingerprint density at radius 3 is 2.67 bits per heavy atom. The van der Waals surface area contributed by atoms with Crippen LogP contribution in [-0.2, 0) is 4.79 Å². The van der Waals surface area contributed by atoms with Gasteiger partial charge >= 0.3 is 0 Å². The van der Waals surface area contributed by atoms with Gasteiger partial charge in [0.15, 0.2) is 0 Å². The summed E-state index contributed by atoms with van der Waals surface area (Å²) in [5.74, 6) is -0.154. The number of hydrogen-bond acceptors (Lipinski definition) is 5. The molecule has 1 aromatic heterocycles. The van der Waals surface area contributed by atoms with Gasteiger partial charge in [-0.25, -0.2) is 0 Å². The Labute approximate surface area is 165 Å². The summed E-state index contributed by atoms with van der Waals surface area (Å²) >= 11 is 7.64. The Bertz CT molecular complexity index is 1000. The van der Waals surface area contributed by atoms with Gasteiger partial charge in [0.25, 0.3) is 11.8 Å². The summed E-state index contributed by atoms with van der Waals surface area (Å²) < 4.78 is 6.05. The summed E-state index contributed by atoms with van der Waals surface area (Å²) in [6, 6.07) is 13.0. The van der Waals surface area contributed by atoms with Crippen molar-refractivity contribution >= 4 is 50.5 Å². The number of ether oxygens (including phenoxy) is 1. The predicted octanol–water partition coefficient (Wildman–Crippen LogP) is 3.74. The molecule has 3 aromatic rings. The van der Waals surface area contributed by atoms with Crippen molar-refractivity contribution in [2.45, 2.75) is 6.92 Å². The Balaban J connectivity index is 1.58. The van der Waals surface area contributed by atoms with Gasteiger partial charge in [-0.15, -0.1) is 11.3 Å². The second-order valence-electron chi connectivity index (χ2n) is 5.78. The average Bonchev–Trinajstić information content (AvgIpc) is 3.02. The second kappa shape index (κ2) is 8.28. The first-order valence-electron chi connectivity index (χ1n) is 8.14. The molecular weight excluding hydrogens is 386 g/mol. The number of nitrogens with one attached hydrogen (secondary N) is 3. The van der Waals surface area contributed by atoms with Crippen LogP contribution in [0.4, 0.5) is 5.69 Å². The van der Waals surface area contributed by atoms with E-state index in [4.69, 9.17) is 16.3 Å². The van der Waals surface area contributed by atoms with E-state index in [0.29, 0.717) is 15.6 Å². The molecule has 0 radical (unpaired) electrons. The average molecular weight is 404 g/mol.